The highest BCUT2D eigenvalue weighted by Crippen LogP contribution is 2.30. The van der Waals surface area contributed by atoms with Crippen molar-refractivity contribution in [3.63, 3.8) is 0 Å². The van der Waals surface area contributed by atoms with Crippen molar-refractivity contribution in [2.75, 3.05) is 18.0 Å². The van der Waals surface area contributed by atoms with Crippen LogP contribution in [0.1, 0.15) is 12.8 Å². The molecule has 1 aliphatic rings. The number of piperidine rings is 1. The van der Waals surface area contributed by atoms with E-state index in [1.807, 2.05) is 0 Å². The van der Waals surface area contributed by atoms with Crippen molar-refractivity contribution in [2.45, 2.75) is 18.1 Å². The SMILES string of the molecule is O=S([O-])C1CCN(c2c(F)cncc2Cl)CC1. The van der Waals surface area contributed by atoms with E-state index in [1.54, 1.807) is 4.90 Å². The molecule has 4 nitrogen and oxygen atoms in total. The van der Waals surface area contributed by atoms with Gasteiger partial charge in [0.15, 0.2) is 5.82 Å². The number of nitrogens with zero attached hydrogens (tertiary/aromatic N) is 2. The van der Waals surface area contributed by atoms with E-state index in [2.05, 4.69) is 4.98 Å². The molecule has 0 saturated carbocycles. The first kappa shape index (κ1) is 12.7. The summed E-state index contributed by atoms with van der Waals surface area (Å²) < 4.78 is 35.2. The van der Waals surface area contributed by atoms with Gasteiger partial charge in [0, 0.05) is 24.5 Å². The summed E-state index contributed by atoms with van der Waals surface area (Å²) >= 11 is 3.85. The van der Waals surface area contributed by atoms with Gasteiger partial charge in [0.05, 0.1) is 16.9 Å². The van der Waals surface area contributed by atoms with Crippen LogP contribution in [-0.2, 0) is 11.1 Å². The van der Waals surface area contributed by atoms with Gasteiger partial charge in [-0.2, -0.15) is 0 Å². The quantitative estimate of drug-likeness (QED) is 0.773. The molecule has 1 aliphatic heterocycles. The number of hydrogen-bond donors (Lipinski definition) is 0. The first-order valence-electron chi connectivity index (χ1n) is 5.21. The smallest absolute Gasteiger partial charge is 0.166 e. The number of pyridine rings is 1. The maximum atomic E-state index is 13.6. The fourth-order valence-corrected chi connectivity index (χ4v) is 2.84. The monoisotopic (exact) mass is 277 g/mol. The first-order valence-corrected chi connectivity index (χ1v) is 6.73. The van der Waals surface area contributed by atoms with Gasteiger partial charge in [-0.1, -0.05) is 22.7 Å². The molecule has 1 unspecified atom stereocenters. The van der Waals surface area contributed by atoms with Crippen molar-refractivity contribution in [3.05, 3.63) is 23.2 Å². The summed E-state index contributed by atoms with van der Waals surface area (Å²) in [7, 11) is 0. The summed E-state index contributed by atoms with van der Waals surface area (Å²) in [6, 6.07) is 0. The summed E-state index contributed by atoms with van der Waals surface area (Å²) in [6.07, 6.45) is 3.49. The van der Waals surface area contributed by atoms with E-state index in [0.29, 0.717) is 31.6 Å². The second kappa shape index (κ2) is 5.29. The normalized spacial score (nSPS) is 19.4. The van der Waals surface area contributed by atoms with Crippen LogP contribution in [0, 0.1) is 5.82 Å². The van der Waals surface area contributed by atoms with Crippen LogP contribution in [0.15, 0.2) is 12.4 Å². The van der Waals surface area contributed by atoms with E-state index in [4.69, 9.17) is 11.6 Å². The Labute approximate surface area is 106 Å². The minimum absolute atomic E-state index is 0.256. The Morgan fingerprint density at radius 1 is 1.47 bits per heavy atom. The zero-order valence-electron chi connectivity index (χ0n) is 8.94. The highest BCUT2D eigenvalue weighted by atomic mass is 35.5. The van der Waals surface area contributed by atoms with Gasteiger partial charge in [0.1, 0.15) is 0 Å². The summed E-state index contributed by atoms with van der Waals surface area (Å²) in [5.41, 5.74) is 0.316. The van der Waals surface area contributed by atoms with Crippen molar-refractivity contribution in [1.82, 2.24) is 4.98 Å². The molecule has 17 heavy (non-hydrogen) atoms. The van der Waals surface area contributed by atoms with Crippen LogP contribution in [-0.4, -0.2) is 32.1 Å². The van der Waals surface area contributed by atoms with Gasteiger partial charge < -0.3 is 9.45 Å². The van der Waals surface area contributed by atoms with Crippen LogP contribution in [0.25, 0.3) is 0 Å². The van der Waals surface area contributed by atoms with Crippen molar-refractivity contribution >= 4 is 28.4 Å². The van der Waals surface area contributed by atoms with Gasteiger partial charge >= 0.3 is 0 Å². The maximum Gasteiger partial charge on any atom is 0.166 e. The molecule has 1 fully saturated rings. The van der Waals surface area contributed by atoms with Crippen molar-refractivity contribution in [3.8, 4) is 0 Å². The molecule has 2 rings (SSSR count). The molecule has 1 aromatic heterocycles. The lowest BCUT2D eigenvalue weighted by Gasteiger charge is -2.34. The van der Waals surface area contributed by atoms with Crippen molar-refractivity contribution < 1.29 is 13.2 Å². The van der Waals surface area contributed by atoms with Gasteiger partial charge in [-0.25, -0.2) is 4.39 Å². The number of aromatic nitrogens is 1. The van der Waals surface area contributed by atoms with E-state index in [-0.39, 0.29) is 10.3 Å². The Kier molecular flexibility index (Phi) is 3.96. The topological polar surface area (TPSA) is 56.3 Å². The molecule has 0 amide bonds. The van der Waals surface area contributed by atoms with Gasteiger partial charge in [0.25, 0.3) is 0 Å². The maximum absolute atomic E-state index is 13.6. The summed E-state index contributed by atoms with van der Waals surface area (Å²) in [6.45, 7) is 0.971. The first-order chi connectivity index (χ1) is 8.09. The van der Waals surface area contributed by atoms with Crippen molar-refractivity contribution in [2.24, 2.45) is 0 Å². The fourth-order valence-electron chi connectivity index (χ4n) is 1.98. The third-order valence-corrected chi connectivity index (χ3v) is 4.15. The highest BCUT2D eigenvalue weighted by Gasteiger charge is 2.23. The minimum Gasteiger partial charge on any atom is -0.772 e. The average Bonchev–Trinajstić information content (AvgIpc) is 2.29. The largest absolute Gasteiger partial charge is 0.772 e. The van der Waals surface area contributed by atoms with E-state index in [1.165, 1.54) is 6.20 Å². The van der Waals surface area contributed by atoms with E-state index in [0.717, 1.165) is 6.20 Å². The summed E-state index contributed by atoms with van der Waals surface area (Å²) in [5.74, 6) is -0.473. The van der Waals surface area contributed by atoms with Gasteiger partial charge in [-0.05, 0) is 12.8 Å². The second-order valence-corrected chi connectivity index (χ2v) is 5.49. The predicted octanol–water partition coefficient (Wildman–Crippen LogP) is 1.72. The van der Waals surface area contributed by atoms with Gasteiger partial charge in [-0.15, -0.1) is 0 Å². The van der Waals surface area contributed by atoms with Gasteiger partial charge in [0.2, 0.25) is 0 Å². The lowest BCUT2D eigenvalue weighted by atomic mass is 10.1. The molecule has 0 aliphatic carbocycles. The minimum atomic E-state index is -2.05. The van der Waals surface area contributed by atoms with Crippen LogP contribution < -0.4 is 4.90 Å². The molecule has 0 spiro atoms. The lowest BCUT2D eigenvalue weighted by molar-refractivity contribution is 0.488. The zero-order valence-corrected chi connectivity index (χ0v) is 10.5. The lowest BCUT2D eigenvalue weighted by Crippen LogP contribution is -2.38. The third-order valence-electron chi connectivity index (χ3n) is 2.86. The third kappa shape index (κ3) is 2.75. The predicted molar refractivity (Wildman–Crippen MR) is 63.4 cm³/mol. The molecule has 2 heterocycles. The number of anilines is 1. The molecule has 0 radical (unpaired) electrons. The molecule has 0 bridgehead atoms. The molecule has 94 valence electrons. The standard InChI is InChI=1S/C10H12ClFN2O2S/c11-8-5-13-6-9(12)10(8)14-3-1-7(2-4-14)17(15)16/h5-7H,1-4H2,(H,15,16)/p-1. The Bertz CT molecular complexity index is 418. The Balaban J connectivity index is 2.13. The van der Waals surface area contributed by atoms with Crippen LogP contribution in [0.4, 0.5) is 10.1 Å². The van der Waals surface area contributed by atoms with Crippen LogP contribution in [0.5, 0.6) is 0 Å². The van der Waals surface area contributed by atoms with Gasteiger partial charge in [-0.3, -0.25) is 9.19 Å². The highest BCUT2D eigenvalue weighted by molar-refractivity contribution is 7.79. The van der Waals surface area contributed by atoms with E-state index in [9.17, 15) is 13.2 Å². The average molecular weight is 278 g/mol. The fraction of sp³-hybridized carbons (Fsp3) is 0.500. The Morgan fingerprint density at radius 3 is 2.65 bits per heavy atom. The molecule has 0 N–H and O–H groups in total. The zero-order chi connectivity index (χ0) is 12.4. The van der Waals surface area contributed by atoms with E-state index >= 15 is 0 Å². The Hall–Kier alpha value is -0.720. The molecule has 1 aromatic rings. The molecular formula is C10H11ClFN2O2S-. The Morgan fingerprint density at radius 2 is 2.12 bits per heavy atom. The van der Waals surface area contributed by atoms with Crippen LogP contribution in [0.2, 0.25) is 5.02 Å². The number of rotatable bonds is 2. The number of hydrogen-bond acceptors (Lipinski definition) is 4. The summed E-state index contributed by atoms with van der Waals surface area (Å²) in [5, 5.41) is -0.0818. The summed E-state index contributed by atoms with van der Waals surface area (Å²) in [4.78, 5) is 5.42. The molecule has 7 heteroatoms. The van der Waals surface area contributed by atoms with Crippen LogP contribution in [0.3, 0.4) is 0 Å². The molecule has 1 saturated heterocycles. The van der Waals surface area contributed by atoms with Crippen molar-refractivity contribution in [1.29, 1.82) is 0 Å². The second-order valence-electron chi connectivity index (χ2n) is 3.90. The van der Waals surface area contributed by atoms with Crippen LogP contribution >= 0.6 is 11.6 Å². The number of halogens is 2. The molecule has 1 atom stereocenters. The van der Waals surface area contributed by atoms with E-state index < -0.39 is 16.9 Å². The molecular weight excluding hydrogens is 267 g/mol. The molecule has 0 aromatic carbocycles.